The van der Waals surface area contributed by atoms with Crippen molar-refractivity contribution in [2.45, 2.75) is 29.0 Å². The number of likely N-dealkylation sites (N-methyl/N-ethyl adjacent to an activating group) is 1. The molecule has 0 radical (unpaired) electrons. The third-order valence-electron chi connectivity index (χ3n) is 4.40. The van der Waals surface area contributed by atoms with Gasteiger partial charge in [-0.3, -0.25) is 14.4 Å². The van der Waals surface area contributed by atoms with Crippen LogP contribution in [-0.4, -0.2) is 48.9 Å². The molecule has 7 heteroatoms. The van der Waals surface area contributed by atoms with Crippen molar-refractivity contribution >= 4 is 29.5 Å². The van der Waals surface area contributed by atoms with E-state index in [0.717, 1.165) is 23.3 Å². The van der Waals surface area contributed by atoms with Crippen LogP contribution in [0.1, 0.15) is 23.7 Å². The minimum atomic E-state index is -0.588. The molecule has 0 aromatic heterocycles. The lowest BCUT2D eigenvalue weighted by Gasteiger charge is -2.19. The van der Waals surface area contributed by atoms with Crippen molar-refractivity contribution in [1.29, 1.82) is 0 Å². The predicted molar refractivity (Wildman–Crippen MR) is 111 cm³/mol. The largest absolute Gasteiger partial charge is 0.454 e. The van der Waals surface area contributed by atoms with Gasteiger partial charge in [0, 0.05) is 18.0 Å². The Bertz CT molecular complexity index is 840. The number of amides is 2. The van der Waals surface area contributed by atoms with Crippen LogP contribution in [0.25, 0.3) is 0 Å². The monoisotopic (exact) mass is 412 g/mol. The van der Waals surface area contributed by atoms with Crippen molar-refractivity contribution in [2.24, 2.45) is 0 Å². The van der Waals surface area contributed by atoms with E-state index in [2.05, 4.69) is 5.32 Å². The molecular formula is C22H24N2O4S. The molecule has 1 saturated carbocycles. The number of carbonyl (C=O) groups excluding carboxylic acids is 3. The van der Waals surface area contributed by atoms with Gasteiger partial charge in [-0.25, -0.2) is 0 Å². The maximum absolute atomic E-state index is 12.8. The second-order valence-corrected chi connectivity index (χ2v) is 8.10. The van der Waals surface area contributed by atoms with Crippen LogP contribution in [-0.2, 0) is 19.1 Å². The minimum Gasteiger partial charge on any atom is -0.454 e. The fourth-order valence-electron chi connectivity index (χ4n) is 2.64. The molecule has 1 fully saturated rings. The highest BCUT2D eigenvalue weighted by Gasteiger charge is 2.26. The van der Waals surface area contributed by atoms with Crippen LogP contribution in [0.2, 0.25) is 0 Å². The van der Waals surface area contributed by atoms with Gasteiger partial charge in [0.2, 0.25) is 5.91 Å². The van der Waals surface area contributed by atoms with Crippen molar-refractivity contribution in [3.63, 3.8) is 0 Å². The van der Waals surface area contributed by atoms with E-state index in [0.29, 0.717) is 0 Å². The number of nitrogens with zero attached hydrogens (tertiary/aromatic N) is 1. The van der Waals surface area contributed by atoms with Gasteiger partial charge in [-0.15, -0.1) is 11.8 Å². The van der Waals surface area contributed by atoms with Crippen molar-refractivity contribution < 1.29 is 19.1 Å². The number of esters is 1. The maximum Gasteiger partial charge on any atom is 0.324 e. The zero-order chi connectivity index (χ0) is 20.6. The third-order valence-corrected chi connectivity index (χ3v) is 5.65. The van der Waals surface area contributed by atoms with Gasteiger partial charge in [-0.2, -0.15) is 0 Å². The van der Waals surface area contributed by atoms with Gasteiger partial charge in [0.25, 0.3) is 5.91 Å². The molecule has 0 aliphatic heterocycles. The summed E-state index contributed by atoms with van der Waals surface area (Å²) < 4.78 is 5.31. The molecule has 3 rings (SSSR count). The van der Waals surface area contributed by atoms with Gasteiger partial charge in [0.1, 0.15) is 5.25 Å². The Hall–Kier alpha value is -2.80. The number of hydrogen-bond donors (Lipinski definition) is 1. The number of nitrogens with one attached hydrogen (secondary N) is 1. The molecule has 0 heterocycles. The third kappa shape index (κ3) is 6.64. The van der Waals surface area contributed by atoms with E-state index >= 15 is 0 Å². The molecular weight excluding hydrogens is 388 g/mol. The van der Waals surface area contributed by atoms with Gasteiger partial charge in [0.15, 0.2) is 6.61 Å². The van der Waals surface area contributed by atoms with Crippen LogP contribution in [0.3, 0.4) is 0 Å². The van der Waals surface area contributed by atoms with Crippen LogP contribution in [0.5, 0.6) is 0 Å². The van der Waals surface area contributed by atoms with Gasteiger partial charge < -0.3 is 15.0 Å². The fraction of sp³-hybridized carbons (Fsp3) is 0.318. The fourth-order valence-corrected chi connectivity index (χ4v) is 3.68. The number of ether oxygens (including phenoxy) is 1. The minimum absolute atomic E-state index is 0.0479. The number of carbonyl (C=O) groups is 3. The highest BCUT2D eigenvalue weighted by Crippen LogP contribution is 2.36. The summed E-state index contributed by atoms with van der Waals surface area (Å²) in [6.45, 7) is -0.446. The first-order chi connectivity index (χ1) is 14.0. The summed E-state index contributed by atoms with van der Waals surface area (Å²) in [5.74, 6) is -1.11. The first-order valence-corrected chi connectivity index (χ1v) is 10.4. The molecule has 29 heavy (non-hydrogen) atoms. The topological polar surface area (TPSA) is 75.7 Å². The lowest BCUT2D eigenvalue weighted by atomic mass is 10.1. The Balaban J connectivity index is 1.57. The van der Waals surface area contributed by atoms with Crippen LogP contribution >= 0.6 is 11.8 Å². The lowest BCUT2D eigenvalue weighted by molar-refractivity contribution is -0.151. The zero-order valence-corrected chi connectivity index (χ0v) is 17.1. The number of hydrogen-bond acceptors (Lipinski definition) is 5. The molecule has 0 bridgehead atoms. The number of benzene rings is 2. The van der Waals surface area contributed by atoms with Crippen LogP contribution in [0.15, 0.2) is 65.6 Å². The summed E-state index contributed by atoms with van der Waals surface area (Å²) in [5, 5.41) is 2.24. The second kappa shape index (κ2) is 10.1. The molecule has 1 aliphatic carbocycles. The Kier molecular flexibility index (Phi) is 7.30. The number of thioether (sulfide) groups is 1. The summed E-state index contributed by atoms with van der Waals surface area (Å²) in [5.41, 5.74) is 0.802. The first-order valence-electron chi connectivity index (χ1n) is 9.49. The standard InChI is InChI=1S/C22H24N2O4S/c1-24(14-19(25)23-17-12-13-17)20(26)15-28-22(27)21(16-8-4-2-5-9-16)29-18-10-6-3-7-11-18/h2-11,17,21H,12-15H2,1H3,(H,23,25)/t21-/m1/s1. The van der Waals surface area contributed by atoms with Crippen molar-refractivity contribution in [2.75, 3.05) is 20.2 Å². The van der Waals surface area contributed by atoms with Crippen LogP contribution < -0.4 is 5.32 Å². The molecule has 0 unspecified atom stereocenters. The van der Waals surface area contributed by atoms with E-state index in [-0.39, 0.29) is 18.5 Å². The van der Waals surface area contributed by atoms with E-state index in [9.17, 15) is 14.4 Å². The molecule has 1 N–H and O–H groups in total. The summed E-state index contributed by atoms with van der Waals surface area (Å²) in [7, 11) is 1.52. The molecule has 2 aromatic rings. The number of rotatable bonds is 9. The normalized spacial score (nSPS) is 14.0. The van der Waals surface area contributed by atoms with Gasteiger partial charge >= 0.3 is 5.97 Å². The summed E-state index contributed by atoms with van der Waals surface area (Å²) in [4.78, 5) is 39.0. The Morgan fingerprint density at radius 3 is 2.31 bits per heavy atom. The van der Waals surface area contributed by atoms with Crippen LogP contribution in [0.4, 0.5) is 0 Å². The summed E-state index contributed by atoms with van der Waals surface area (Å²) >= 11 is 1.37. The van der Waals surface area contributed by atoms with E-state index in [1.54, 1.807) is 0 Å². The van der Waals surface area contributed by atoms with Crippen molar-refractivity contribution in [3.05, 3.63) is 66.2 Å². The van der Waals surface area contributed by atoms with Crippen molar-refractivity contribution in [1.82, 2.24) is 10.2 Å². The molecule has 6 nitrogen and oxygen atoms in total. The highest BCUT2D eigenvalue weighted by atomic mass is 32.2. The Morgan fingerprint density at radius 2 is 1.69 bits per heavy atom. The molecule has 152 valence electrons. The molecule has 0 saturated heterocycles. The quantitative estimate of drug-likeness (QED) is 0.506. The summed E-state index contributed by atoms with van der Waals surface area (Å²) in [6, 6.07) is 19.1. The second-order valence-electron chi connectivity index (χ2n) is 6.92. The van der Waals surface area contributed by atoms with E-state index in [1.807, 2.05) is 60.7 Å². The predicted octanol–water partition coefficient (Wildman–Crippen LogP) is 2.80. The summed E-state index contributed by atoms with van der Waals surface area (Å²) in [6.07, 6.45) is 1.97. The Labute approximate surface area is 174 Å². The van der Waals surface area contributed by atoms with E-state index < -0.39 is 23.7 Å². The average Bonchev–Trinajstić information content (AvgIpc) is 3.55. The Morgan fingerprint density at radius 1 is 1.07 bits per heavy atom. The molecule has 1 atom stereocenters. The maximum atomic E-state index is 12.8. The van der Waals surface area contributed by atoms with Gasteiger partial charge in [0.05, 0.1) is 6.54 Å². The van der Waals surface area contributed by atoms with Gasteiger partial charge in [-0.1, -0.05) is 48.5 Å². The smallest absolute Gasteiger partial charge is 0.324 e. The molecule has 0 spiro atoms. The first kappa shape index (κ1) is 20.9. The average molecular weight is 413 g/mol. The van der Waals surface area contributed by atoms with Crippen LogP contribution in [0, 0.1) is 0 Å². The van der Waals surface area contributed by atoms with Crippen molar-refractivity contribution in [3.8, 4) is 0 Å². The molecule has 1 aliphatic rings. The zero-order valence-electron chi connectivity index (χ0n) is 16.2. The highest BCUT2D eigenvalue weighted by molar-refractivity contribution is 8.00. The van der Waals surface area contributed by atoms with Gasteiger partial charge in [-0.05, 0) is 30.5 Å². The SMILES string of the molecule is CN(CC(=O)NC1CC1)C(=O)COC(=O)[C@H](Sc1ccccc1)c1ccccc1. The molecule has 2 amide bonds. The van der Waals surface area contributed by atoms with E-state index in [1.165, 1.54) is 23.7 Å². The molecule has 2 aromatic carbocycles. The lowest BCUT2D eigenvalue weighted by Crippen LogP contribution is -2.40. The van der Waals surface area contributed by atoms with E-state index in [4.69, 9.17) is 4.74 Å².